The topological polar surface area (TPSA) is 67.6 Å². The summed E-state index contributed by atoms with van der Waals surface area (Å²) in [5.74, 6) is 1.24. The smallest absolute Gasteiger partial charge is 0.181 e. The zero-order chi connectivity index (χ0) is 13.2. The van der Waals surface area contributed by atoms with Crippen molar-refractivity contribution in [2.45, 2.75) is 0 Å². The summed E-state index contributed by atoms with van der Waals surface area (Å²) < 4.78 is 0. The molecule has 19 heavy (non-hydrogen) atoms. The number of benzene rings is 2. The van der Waals surface area contributed by atoms with Crippen molar-refractivity contribution in [1.82, 2.24) is 15.2 Å². The fourth-order valence-corrected chi connectivity index (χ4v) is 2.00. The SMILES string of the molecule is Nc1ccc(Cl)cc1-c1nc(-c2ccccc2)n[nH]1. The Hall–Kier alpha value is -2.33. The van der Waals surface area contributed by atoms with Crippen LogP contribution in [-0.2, 0) is 0 Å². The highest BCUT2D eigenvalue weighted by molar-refractivity contribution is 6.31. The molecule has 5 heteroatoms. The number of aromatic amines is 1. The Morgan fingerprint density at radius 3 is 2.63 bits per heavy atom. The first-order chi connectivity index (χ1) is 9.24. The van der Waals surface area contributed by atoms with E-state index in [1.807, 2.05) is 30.3 Å². The fraction of sp³-hybridized carbons (Fsp3) is 0. The number of nitrogens with two attached hydrogens (primary N) is 1. The van der Waals surface area contributed by atoms with Gasteiger partial charge < -0.3 is 5.73 Å². The molecule has 3 rings (SSSR count). The van der Waals surface area contributed by atoms with Gasteiger partial charge in [0.25, 0.3) is 0 Å². The summed E-state index contributed by atoms with van der Waals surface area (Å²) in [6, 6.07) is 15.0. The molecule has 0 amide bonds. The summed E-state index contributed by atoms with van der Waals surface area (Å²) in [5, 5.41) is 7.70. The van der Waals surface area contributed by atoms with Crippen LogP contribution in [0.5, 0.6) is 0 Å². The van der Waals surface area contributed by atoms with Crippen LogP contribution in [0.25, 0.3) is 22.8 Å². The molecule has 1 heterocycles. The van der Waals surface area contributed by atoms with Gasteiger partial charge in [-0.15, -0.1) is 0 Å². The Balaban J connectivity index is 2.04. The number of nitrogens with one attached hydrogen (secondary N) is 1. The average Bonchev–Trinajstić information content (AvgIpc) is 2.92. The quantitative estimate of drug-likeness (QED) is 0.702. The first-order valence-corrected chi connectivity index (χ1v) is 6.15. The van der Waals surface area contributed by atoms with Crippen molar-refractivity contribution >= 4 is 17.3 Å². The van der Waals surface area contributed by atoms with Gasteiger partial charge in [0.05, 0.1) is 0 Å². The summed E-state index contributed by atoms with van der Waals surface area (Å²) in [6.45, 7) is 0. The molecule has 0 spiro atoms. The van der Waals surface area contributed by atoms with Crippen LogP contribution in [0.3, 0.4) is 0 Å². The van der Waals surface area contributed by atoms with Crippen LogP contribution < -0.4 is 5.73 Å². The van der Waals surface area contributed by atoms with E-state index in [9.17, 15) is 0 Å². The van der Waals surface area contributed by atoms with Gasteiger partial charge in [-0.1, -0.05) is 41.9 Å². The van der Waals surface area contributed by atoms with E-state index in [0.717, 1.165) is 11.1 Å². The third kappa shape index (κ3) is 2.30. The predicted octanol–water partition coefficient (Wildman–Crippen LogP) is 3.37. The van der Waals surface area contributed by atoms with Gasteiger partial charge in [0.15, 0.2) is 11.6 Å². The van der Waals surface area contributed by atoms with Gasteiger partial charge in [-0.25, -0.2) is 4.98 Å². The maximum atomic E-state index is 5.97. The summed E-state index contributed by atoms with van der Waals surface area (Å²) in [6.07, 6.45) is 0. The number of rotatable bonds is 2. The summed E-state index contributed by atoms with van der Waals surface area (Å²) in [4.78, 5) is 4.45. The zero-order valence-electron chi connectivity index (χ0n) is 9.97. The lowest BCUT2D eigenvalue weighted by atomic mass is 10.1. The maximum Gasteiger partial charge on any atom is 0.181 e. The van der Waals surface area contributed by atoms with Gasteiger partial charge in [-0.05, 0) is 18.2 Å². The molecule has 94 valence electrons. The molecule has 0 atom stereocenters. The van der Waals surface area contributed by atoms with Crippen LogP contribution in [-0.4, -0.2) is 15.2 Å². The highest BCUT2D eigenvalue weighted by Crippen LogP contribution is 2.27. The van der Waals surface area contributed by atoms with Crippen molar-refractivity contribution in [3.8, 4) is 22.8 Å². The van der Waals surface area contributed by atoms with Gasteiger partial charge in [-0.3, -0.25) is 5.10 Å². The van der Waals surface area contributed by atoms with Gasteiger partial charge in [0, 0.05) is 21.8 Å². The predicted molar refractivity (Wildman–Crippen MR) is 76.7 cm³/mol. The lowest BCUT2D eigenvalue weighted by molar-refractivity contribution is 1.10. The number of H-pyrrole nitrogens is 1. The Morgan fingerprint density at radius 1 is 1.05 bits per heavy atom. The van der Waals surface area contributed by atoms with Crippen molar-refractivity contribution in [3.05, 3.63) is 53.6 Å². The molecule has 0 aliphatic carbocycles. The number of hydrogen-bond acceptors (Lipinski definition) is 3. The second-order valence-electron chi connectivity index (χ2n) is 4.11. The minimum Gasteiger partial charge on any atom is -0.398 e. The Bertz CT molecular complexity index is 706. The Kier molecular flexibility index (Phi) is 2.93. The number of nitrogens with zero attached hydrogens (tertiary/aromatic N) is 2. The van der Waals surface area contributed by atoms with Crippen molar-refractivity contribution in [3.63, 3.8) is 0 Å². The van der Waals surface area contributed by atoms with Gasteiger partial charge in [-0.2, -0.15) is 5.10 Å². The molecule has 0 unspecified atom stereocenters. The van der Waals surface area contributed by atoms with E-state index in [2.05, 4.69) is 15.2 Å². The minimum absolute atomic E-state index is 0.610. The lowest BCUT2D eigenvalue weighted by Gasteiger charge is -2.01. The molecule has 0 fully saturated rings. The van der Waals surface area contributed by atoms with Crippen molar-refractivity contribution in [1.29, 1.82) is 0 Å². The molecule has 0 aliphatic heterocycles. The molecule has 0 saturated heterocycles. The molecule has 2 aromatic carbocycles. The number of nitrogen functional groups attached to an aromatic ring is 1. The first-order valence-electron chi connectivity index (χ1n) is 5.77. The van der Waals surface area contributed by atoms with Gasteiger partial charge >= 0.3 is 0 Å². The molecule has 0 aliphatic rings. The largest absolute Gasteiger partial charge is 0.398 e. The van der Waals surface area contributed by atoms with E-state index in [1.165, 1.54) is 0 Å². The second-order valence-corrected chi connectivity index (χ2v) is 4.54. The van der Waals surface area contributed by atoms with E-state index in [-0.39, 0.29) is 0 Å². The van der Waals surface area contributed by atoms with Crippen LogP contribution in [0.4, 0.5) is 5.69 Å². The standard InChI is InChI=1S/C14H11ClN4/c15-10-6-7-12(16)11(8-10)14-17-13(18-19-14)9-4-2-1-3-5-9/h1-8H,16H2,(H,17,18,19). The summed E-state index contributed by atoms with van der Waals surface area (Å²) >= 11 is 5.97. The Morgan fingerprint density at radius 2 is 1.84 bits per heavy atom. The molecule has 4 nitrogen and oxygen atoms in total. The van der Waals surface area contributed by atoms with Crippen molar-refractivity contribution in [2.24, 2.45) is 0 Å². The van der Waals surface area contributed by atoms with E-state index < -0.39 is 0 Å². The summed E-state index contributed by atoms with van der Waals surface area (Å²) in [7, 11) is 0. The number of halogens is 1. The molecular weight excluding hydrogens is 260 g/mol. The van der Waals surface area contributed by atoms with Crippen LogP contribution in [0.1, 0.15) is 0 Å². The van der Waals surface area contributed by atoms with Crippen molar-refractivity contribution in [2.75, 3.05) is 5.73 Å². The van der Waals surface area contributed by atoms with Crippen LogP contribution in [0.2, 0.25) is 5.02 Å². The van der Waals surface area contributed by atoms with E-state index in [0.29, 0.717) is 22.4 Å². The molecule has 1 aromatic heterocycles. The van der Waals surface area contributed by atoms with E-state index in [4.69, 9.17) is 17.3 Å². The van der Waals surface area contributed by atoms with Gasteiger partial charge in [0.2, 0.25) is 0 Å². The normalized spacial score (nSPS) is 10.6. The third-order valence-electron chi connectivity index (χ3n) is 2.79. The fourth-order valence-electron chi connectivity index (χ4n) is 1.83. The zero-order valence-corrected chi connectivity index (χ0v) is 10.7. The number of hydrogen-bond donors (Lipinski definition) is 2. The van der Waals surface area contributed by atoms with Crippen LogP contribution in [0, 0.1) is 0 Å². The summed E-state index contributed by atoms with van der Waals surface area (Å²) in [5.41, 5.74) is 8.24. The minimum atomic E-state index is 0.610. The van der Waals surface area contributed by atoms with Gasteiger partial charge in [0.1, 0.15) is 0 Å². The molecule has 3 aromatic rings. The lowest BCUT2D eigenvalue weighted by Crippen LogP contribution is -1.91. The monoisotopic (exact) mass is 270 g/mol. The maximum absolute atomic E-state index is 5.97. The molecular formula is C14H11ClN4. The van der Waals surface area contributed by atoms with Crippen molar-refractivity contribution < 1.29 is 0 Å². The number of aromatic nitrogens is 3. The first kappa shape index (κ1) is 11.7. The third-order valence-corrected chi connectivity index (χ3v) is 3.02. The molecule has 3 N–H and O–H groups in total. The second kappa shape index (κ2) is 4.74. The highest BCUT2D eigenvalue weighted by Gasteiger charge is 2.10. The van der Waals surface area contributed by atoms with Crippen LogP contribution in [0.15, 0.2) is 48.5 Å². The van der Waals surface area contributed by atoms with E-state index in [1.54, 1.807) is 18.2 Å². The van der Waals surface area contributed by atoms with Crippen LogP contribution >= 0.6 is 11.6 Å². The number of anilines is 1. The average molecular weight is 271 g/mol. The molecule has 0 saturated carbocycles. The highest BCUT2D eigenvalue weighted by atomic mass is 35.5. The van der Waals surface area contributed by atoms with E-state index >= 15 is 0 Å². The Labute approximate surface area is 115 Å². The molecule has 0 bridgehead atoms. The molecule has 0 radical (unpaired) electrons.